The maximum absolute atomic E-state index is 15.0. The number of anilines is 1. The number of nitrogens with one attached hydrogen (secondary N) is 1. The van der Waals surface area contributed by atoms with E-state index >= 15 is 8.78 Å². The summed E-state index contributed by atoms with van der Waals surface area (Å²) in [6.45, 7) is 4.38. The molecule has 1 aliphatic carbocycles. The highest BCUT2D eigenvalue weighted by atomic mass is 35.5. The Labute approximate surface area is 196 Å². The minimum Gasteiger partial charge on any atom is -0.506 e. The number of aryl methyl sites for hydroxylation is 1. The van der Waals surface area contributed by atoms with E-state index in [1.54, 1.807) is 19.1 Å². The maximum Gasteiger partial charge on any atom is 0.456 e. The van der Waals surface area contributed by atoms with E-state index in [0.717, 1.165) is 0 Å². The minimum absolute atomic E-state index is 0.0764. The van der Waals surface area contributed by atoms with Gasteiger partial charge in [0.05, 0.1) is 16.6 Å². The normalized spacial score (nSPS) is 22.5. The van der Waals surface area contributed by atoms with Crippen LogP contribution >= 0.6 is 11.6 Å². The van der Waals surface area contributed by atoms with Crippen LogP contribution in [0.1, 0.15) is 43.3 Å². The summed E-state index contributed by atoms with van der Waals surface area (Å²) in [4.78, 5) is 8.33. The number of rotatable bonds is 3. The van der Waals surface area contributed by atoms with Crippen molar-refractivity contribution >= 4 is 28.2 Å². The third-order valence-corrected chi connectivity index (χ3v) is 6.59. The van der Waals surface area contributed by atoms with Gasteiger partial charge in [0, 0.05) is 22.8 Å². The first-order chi connectivity index (χ1) is 15.6. The number of benzene rings is 2. The number of alkyl halides is 5. The average molecular weight is 502 g/mol. The quantitative estimate of drug-likeness (QED) is 0.380. The zero-order valence-electron chi connectivity index (χ0n) is 18.3. The summed E-state index contributed by atoms with van der Waals surface area (Å²) in [6.07, 6.45) is -5.65. The number of halogens is 6. The fourth-order valence-electron chi connectivity index (χ4n) is 4.82. The van der Waals surface area contributed by atoms with Gasteiger partial charge in [0.25, 0.3) is 0 Å². The zero-order chi connectivity index (χ0) is 25.3. The molecule has 1 aliphatic rings. The molecule has 0 unspecified atom stereocenters. The molecule has 0 bridgehead atoms. The van der Waals surface area contributed by atoms with E-state index in [2.05, 4.69) is 15.3 Å². The lowest BCUT2D eigenvalue weighted by atomic mass is 9.61. The summed E-state index contributed by atoms with van der Waals surface area (Å²) in [7, 11) is 0. The largest absolute Gasteiger partial charge is 0.506 e. The molecule has 34 heavy (non-hydrogen) atoms. The lowest BCUT2D eigenvalue weighted by Gasteiger charge is -2.51. The second kappa shape index (κ2) is 7.64. The zero-order valence-corrected chi connectivity index (χ0v) is 19.1. The van der Waals surface area contributed by atoms with Crippen LogP contribution in [0.5, 0.6) is 5.75 Å². The van der Waals surface area contributed by atoms with Crippen LogP contribution in [0.4, 0.5) is 27.6 Å². The number of aromatic hydroxyl groups is 1. The Hall–Kier alpha value is -2.72. The van der Waals surface area contributed by atoms with Crippen LogP contribution < -0.4 is 5.32 Å². The first-order valence-corrected chi connectivity index (χ1v) is 10.7. The standard InChI is InChI=1S/C23H21ClF5N3O2/c1-11-30-9-13-15(31-11)5-4-6-16(13)32-19-12-7-8-14(24)18(33)17(12)20(2,3)10-21(19,34)22(25,26)23(27,28)29/h4-9,19,32-34H,10H2,1-3H3/t19-,21-/m1/s1. The van der Waals surface area contributed by atoms with Crippen molar-refractivity contribution in [3.63, 3.8) is 0 Å². The molecule has 5 nitrogen and oxygen atoms in total. The number of aliphatic hydroxyl groups is 1. The molecular weight excluding hydrogens is 481 g/mol. The number of hydrogen-bond donors (Lipinski definition) is 3. The molecule has 0 spiro atoms. The van der Waals surface area contributed by atoms with Crippen LogP contribution in [0.25, 0.3) is 10.9 Å². The van der Waals surface area contributed by atoms with Crippen molar-refractivity contribution in [3.8, 4) is 5.75 Å². The van der Waals surface area contributed by atoms with Gasteiger partial charge in [0.15, 0.2) is 5.60 Å². The highest BCUT2D eigenvalue weighted by Gasteiger charge is 2.74. The molecular formula is C23H21ClF5N3O2. The van der Waals surface area contributed by atoms with Gasteiger partial charge in [0.2, 0.25) is 0 Å². The molecule has 1 heterocycles. The van der Waals surface area contributed by atoms with Crippen LogP contribution in [-0.2, 0) is 5.41 Å². The summed E-state index contributed by atoms with van der Waals surface area (Å²) in [5.41, 5.74) is -4.58. The molecule has 11 heteroatoms. The van der Waals surface area contributed by atoms with Gasteiger partial charge in [-0.25, -0.2) is 9.97 Å². The highest BCUT2D eigenvalue weighted by molar-refractivity contribution is 6.32. The first kappa shape index (κ1) is 24.4. The lowest BCUT2D eigenvalue weighted by molar-refractivity contribution is -0.349. The molecule has 182 valence electrons. The third-order valence-electron chi connectivity index (χ3n) is 6.28. The van der Waals surface area contributed by atoms with E-state index in [4.69, 9.17) is 11.6 Å². The van der Waals surface area contributed by atoms with Gasteiger partial charge >= 0.3 is 12.1 Å². The van der Waals surface area contributed by atoms with Crippen LogP contribution in [0.3, 0.4) is 0 Å². The van der Waals surface area contributed by atoms with E-state index < -0.39 is 41.3 Å². The summed E-state index contributed by atoms with van der Waals surface area (Å²) < 4.78 is 70.9. The van der Waals surface area contributed by atoms with Gasteiger partial charge in [-0.2, -0.15) is 22.0 Å². The second-order valence-electron chi connectivity index (χ2n) is 9.15. The fraction of sp³-hybridized carbons (Fsp3) is 0.391. The molecule has 3 aromatic rings. The van der Waals surface area contributed by atoms with Crippen molar-refractivity contribution in [3.05, 3.63) is 58.5 Å². The SMILES string of the molecule is Cc1ncc2c(N[C@@H]3c4ccc(Cl)c(O)c4C(C)(C)C[C@]3(O)C(F)(F)C(F)(F)F)cccc2n1. The molecule has 3 N–H and O–H groups in total. The summed E-state index contributed by atoms with van der Waals surface area (Å²) in [6, 6.07) is 5.09. The molecule has 2 aromatic carbocycles. The number of phenols is 1. The maximum atomic E-state index is 15.0. The Morgan fingerprint density at radius 2 is 1.79 bits per heavy atom. The first-order valence-electron chi connectivity index (χ1n) is 10.3. The molecule has 0 saturated carbocycles. The second-order valence-corrected chi connectivity index (χ2v) is 9.56. The van der Waals surface area contributed by atoms with Gasteiger partial charge in [-0.05, 0) is 42.5 Å². The number of phenolic OH excluding ortho intramolecular Hbond substituents is 1. The summed E-state index contributed by atoms with van der Waals surface area (Å²) in [5.74, 6) is -5.50. The van der Waals surface area contributed by atoms with E-state index in [0.29, 0.717) is 16.7 Å². The molecule has 0 radical (unpaired) electrons. The van der Waals surface area contributed by atoms with Gasteiger partial charge in [-0.1, -0.05) is 37.6 Å². The van der Waals surface area contributed by atoms with Crippen molar-refractivity contribution in [1.29, 1.82) is 0 Å². The predicted octanol–water partition coefficient (Wildman–Crippen LogP) is 6.06. The number of aromatic nitrogens is 2. The molecule has 0 aliphatic heterocycles. The van der Waals surface area contributed by atoms with Crippen LogP contribution in [0.2, 0.25) is 5.02 Å². The lowest BCUT2D eigenvalue weighted by Crippen LogP contribution is -2.65. The highest BCUT2D eigenvalue weighted by Crippen LogP contribution is 2.60. The summed E-state index contributed by atoms with van der Waals surface area (Å²) >= 11 is 6.03. The van der Waals surface area contributed by atoms with Gasteiger partial charge in [-0.3, -0.25) is 0 Å². The minimum atomic E-state index is -6.04. The number of fused-ring (bicyclic) bond motifs is 2. The Morgan fingerprint density at radius 3 is 2.44 bits per heavy atom. The fourth-order valence-corrected chi connectivity index (χ4v) is 4.98. The molecule has 0 amide bonds. The Kier molecular flexibility index (Phi) is 5.49. The smallest absolute Gasteiger partial charge is 0.456 e. The van der Waals surface area contributed by atoms with Gasteiger partial charge < -0.3 is 15.5 Å². The number of nitrogens with zero attached hydrogens (tertiary/aromatic N) is 2. The molecule has 1 aromatic heterocycles. The van der Waals surface area contributed by atoms with Crippen molar-refractivity contribution < 1.29 is 32.2 Å². The molecule has 0 saturated heterocycles. The van der Waals surface area contributed by atoms with Gasteiger partial charge in [-0.15, -0.1) is 0 Å². The predicted molar refractivity (Wildman–Crippen MR) is 117 cm³/mol. The Morgan fingerprint density at radius 1 is 1.12 bits per heavy atom. The third kappa shape index (κ3) is 3.54. The molecule has 0 fully saturated rings. The van der Waals surface area contributed by atoms with E-state index in [-0.39, 0.29) is 21.8 Å². The van der Waals surface area contributed by atoms with E-state index in [1.165, 1.54) is 38.2 Å². The van der Waals surface area contributed by atoms with Gasteiger partial charge in [0.1, 0.15) is 11.6 Å². The summed E-state index contributed by atoms with van der Waals surface area (Å²) in [5, 5.41) is 24.8. The van der Waals surface area contributed by atoms with Crippen LogP contribution in [0, 0.1) is 6.92 Å². The average Bonchev–Trinajstić information content (AvgIpc) is 2.71. The Balaban J connectivity index is 1.99. The van der Waals surface area contributed by atoms with Crippen molar-refractivity contribution in [2.45, 2.75) is 56.3 Å². The van der Waals surface area contributed by atoms with Crippen molar-refractivity contribution in [2.24, 2.45) is 0 Å². The van der Waals surface area contributed by atoms with E-state index in [1.807, 2.05) is 0 Å². The molecule has 4 rings (SSSR count). The van der Waals surface area contributed by atoms with E-state index in [9.17, 15) is 23.4 Å². The number of hydrogen-bond acceptors (Lipinski definition) is 5. The van der Waals surface area contributed by atoms with Crippen molar-refractivity contribution in [1.82, 2.24) is 9.97 Å². The topological polar surface area (TPSA) is 78.3 Å². The monoisotopic (exact) mass is 501 g/mol. The Bertz CT molecular complexity index is 1280. The van der Waals surface area contributed by atoms with Crippen LogP contribution in [0.15, 0.2) is 36.5 Å². The van der Waals surface area contributed by atoms with Crippen LogP contribution in [-0.4, -0.2) is 37.9 Å². The van der Waals surface area contributed by atoms with Crippen molar-refractivity contribution in [2.75, 3.05) is 5.32 Å². The molecule has 2 atom stereocenters.